The van der Waals surface area contributed by atoms with Gasteiger partial charge in [-0.05, 0) is 30.7 Å². The SMILES string of the molecule is Cc1[nH]n(-c2nc3ccc(Cl)cc3s2)c(=O)c1-c1ccccc1. The number of H-pyrrole nitrogens is 1. The van der Waals surface area contributed by atoms with Crippen LogP contribution in [0.3, 0.4) is 0 Å². The molecule has 0 radical (unpaired) electrons. The summed E-state index contributed by atoms with van der Waals surface area (Å²) in [6.07, 6.45) is 0. The molecule has 0 aliphatic carbocycles. The Hall–Kier alpha value is -2.37. The summed E-state index contributed by atoms with van der Waals surface area (Å²) in [4.78, 5) is 17.3. The summed E-state index contributed by atoms with van der Waals surface area (Å²) in [6, 6.07) is 15.1. The number of thiazole rings is 1. The van der Waals surface area contributed by atoms with Gasteiger partial charge in [0.25, 0.3) is 5.56 Å². The van der Waals surface area contributed by atoms with Crippen molar-refractivity contribution >= 4 is 33.2 Å². The zero-order chi connectivity index (χ0) is 16.0. The van der Waals surface area contributed by atoms with E-state index in [9.17, 15) is 4.79 Å². The lowest BCUT2D eigenvalue weighted by atomic mass is 10.1. The van der Waals surface area contributed by atoms with E-state index in [1.165, 1.54) is 16.0 Å². The van der Waals surface area contributed by atoms with E-state index in [0.717, 1.165) is 21.5 Å². The van der Waals surface area contributed by atoms with Gasteiger partial charge in [0.15, 0.2) is 0 Å². The Morgan fingerprint density at radius 3 is 2.74 bits per heavy atom. The molecule has 114 valence electrons. The molecule has 6 heteroatoms. The van der Waals surface area contributed by atoms with Crippen molar-refractivity contribution in [2.75, 3.05) is 0 Å². The van der Waals surface area contributed by atoms with Crippen LogP contribution in [0.15, 0.2) is 53.3 Å². The second kappa shape index (κ2) is 5.37. The van der Waals surface area contributed by atoms with Gasteiger partial charge < -0.3 is 0 Å². The van der Waals surface area contributed by atoms with Crippen LogP contribution in [0.4, 0.5) is 0 Å². The Morgan fingerprint density at radius 1 is 1.17 bits per heavy atom. The lowest BCUT2D eigenvalue weighted by Gasteiger charge is -1.96. The minimum atomic E-state index is -0.0983. The Balaban J connectivity index is 1.91. The van der Waals surface area contributed by atoms with Crippen molar-refractivity contribution in [2.45, 2.75) is 6.92 Å². The minimum Gasteiger partial charge on any atom is -0.293 e. The van der Waals surface area contributed by atoms with Crippen LogP contribution in [0, 0.1) is 6.92 Å². The van der Waals surface area contributed by atoms with Crippen molar-refractivity contribution in [1.29, 1.82) is 0 Å². The third kappa shape index (κ3) is 2.38. The molecule has 0 aliphatic heterocycles. The van der Waals surface area contributed by atoms with Crippen molar-refractivity contribution in [3.05, 3.63) is 69.6 Å². The minimum absolute atomic E-state index is 0.0983. The number of halogens is 1. The standard InChI is InChI=1S/C17H12ClN3OS/c1-10-15(11-5-3-2-4-6-11)16(22)21(20-10)17-19-13-8-7-12(18)9-14(13)23-17/h2-9,20H,1H3. The number of aromatic nitrogens is 3. The molecule has 0 amide bonds. The average molecular weight is 342 g/mol. The summed E-state index contributed by atoms with van der Waals surface area (Å²) in [5.74, 6) is 0. The molecule has 4 rings (SSSR count). The van der Waals surface area contributed by atoms with Gasteiger partial charge in [-0.2, -0.15) is 4.68 Å². The van der Waals surface area contributed by atoms with Gasteiger partial charge in [-0.1, -0.05) is 53.3 Å². The predicted molar refractivity (Wildman–Crippen MR) is 94.8 cm³/mol. The van der Waals surface area contributed by atoms with E-state index in [4.69, 9.17) is 11.6 Å². The lowest BCUT2D eigenvalue weighted by molar-refractivity contribution is 0.829. The molecule has 0 bridgehead atoms. The lowest BCUT2D eigenvalue weighted by Crippen LogP contribution is -2.15. The second-order valence-corrected chi connectivity index (χ2v) is 6.67. The van der Waals surface area contributed by atoms with Crippen molar-refractivity contribution in [2.24, 2.45) is 0 Å². The highest BCUT2D eigenvalue weighted by Gasteiger charge is 2.16. The van der Waals surface area contributed by atoms with Crippen LogP contribution >= 0.6 is 22.9 Å². The van der Waals surface area contributed by atoms with E-state index in [1.807, 2.05) is 49.4 Å². The molecule has 0 atom stereocenters. The Bertz CT molecular complexity index is 1060. The maximum absolute atomic E-state index is 12.8. The number of benzene rings is 2. The molecular formula is C17H12ClN3OS. The van der Waals surface area contributed by atoms with E-state index in [1.54, 1.807) is 6.07 Å². The van der Waals surface area contributed by atoms with Gasteiger partial charge >= 0.3 is 0 Å². The Morgan fingerprint density at radius 2 is 1.96 bits per heavy atom. The number of rotatable bonds is 2. The molecule has 4 aromatic rings. The van der Waals surface area contributed by atoms with E-state index >= 15 is 0 Å². The van der Waals surface area contributed by atoms with Gasteiger partial charge in [0.2, 0.25) is 5.13 Å². The number of hydrogen-bond donors (Lipinski definition) is 1. The van der Waals surface area contributed by atoms with Gasteiger partial charge in [-0.15, -0.1) is 0 Å². The largest absolute Gasteiger partial charge is 0.293 e. The first-order chi connectivity index (χ1) is 11.1. The zero-order valence-corrected chi connectivity index (χ0v) is 13.8. The van der Waals surface area contributed by atoms with Crippen LogP contribution in [0.1, 0.15) is 5.69 Å². The highest BCUT2D eigenvalue weighted by Crippen LogP contribution is 2.27. The third-order valence-electron chi connectivity index (χ3n) is 3.66. The fourth-order valence-electron chi connectivity index (χ4n) is 2.61. The summed E-state index contributed by atoms with van der Waals surface area (Å²) in [5.41, 5.74) is 3.11. The van der Waals surface area contributed by atoms with Crippen molar-refractivity contribution in [3.63, 3.8) is 0 Å². The normalized spacial score (nSPS) is 11.2. The van der Waals surface area contributed by atoms with Crippen LogP contribution in [0.2, 0.25) is 5.02 Å². The highest BCUT2D eigenvalue weighted by atomic mass is 35.5. The summed E-state index contributed by atoms with van der Waals surface area (Å²) in [6.45, 7) is 1.89. The second-order valence-electron chi connectivity index (χ2n) is 5.23. The van der Waals surface area contributed by atoms with Gasteiger partial charge in [-0.25, -0.2) is 4.98 Å². The van der Waals surface area contributed by atoms with Crippen LogP contribution in [0.25, 0.3) is 26.5 Å². The molecule has 2 heterocycles. The fraction of sp³-hybridized carbons (Fsp3) is 0.0588. The van der Waals surface area contributed by atoms with Crippen LogP contribution < -0.4 is 5.56 Å². The quantitative estimate of drug-likeness (QED) is 0.587. The zero-order valence-electron chi connectivity index (χ0n) is 12.2. The van der Waals surface area contributed by atoms with Gasteiger partial charge in [0, 0.05) is 10.7 Å². The maximum Gasteiger partial charge on any atom is 0.281 e. The maximum atomic E-state index is 12.8. The Labute approximate surface area is 141 Å². The number of fused-ring (bicyclic) bond motifs is 1. The molecule has 0 aliphatic rings. The van der Waals surface area contributed by atoms with Crippen molar-refractivity contribution in [1.82, 2.24) is 14.8 Å². The van der Waals surface area contributed by atoms with Crippen LogP contribution in [-0.4, -0.2) is 14.8 Å². The molecular weight excluding hydrogens is 330 g/mol. The van der Waals surface area contributed by atoms with Crippen LogP contribution in [-0.2, 0) is 0 Å². The predicted octanol–water partition coefficient (Wildman–Crippen LogP) is 4.40. The molecule has 2 aromatic heterocycles. The number of hydrogen-bond acceptors (Lipinski definition) is 3. The molecule has 4 nitrogen and oxygen atoms in total. The molecule has 0 fully saturated rings. The molecule has 23 heavy (non-hydrogen) atoms. The van der Waals surface area contributed by atoms with E-state index in [-0.39, 0.29) is 5.56 Å². The topological polar surface area (TPSA) is 50.7 Å². The molecule has 0 spiro atoms. The smallest absolute Gasteiger partial charge is 0.281 e. The highest BCUT2D eigenvalue weighted by molar-refractivity contribution is 7.20. The molecule has 0 saturated heterocycles. The van der Waals surface area contributed by atoms with Gasteiger partial charge in [-0.3, -0.25) is 9.89 Å². The van der Waals surface area contributed by atoms with Gasteiger partial charge in [0.1, 0.15) is 0 Å². The number of aromatic amines is 1. The first-order valence-corrected chi connectivity index (χ1v) is 8.26. The first kappa shape index (κ1) is 14.2. The van der Waals surface area contributed by atoms with E-state index in [2.05, 4.69) is 10.1 Å². The van der Waals surface area contributed by atoms with E-state index < -0.39 is 0 Å². The summed E-state index contributed by atoms with van der Waals surface area (Å²) >= 11 is 7.45. The van der Waals surface area contributed by atoms with Gasteiger partial charge in [0.05, 0.1) is 15.8 Å². The third-order valence-corrected chi connectivity index (χ3v) is 4.90. The number of nitrogens with one attached hydrogen (secondary N) is 1. The monoisotopic (exact) mass is 341 g/mol. The van der Waals surface area contributed by atoms with Crippen LogP contribution in [0.5, 0.6) is 0 Å². The summed E-state index contributed by atoms with van der Waals surface area (Å²) in [5, 5.41) is 4.39. The average Bonchev–Trinajstić information content (AvgIpc) is 3.08. The molecule has 1 N–H and O–H groups in total. The fourth-order valence-corrected chi connectivity index (χ4v) is 3.81. The number of aryl methyl sites for hydroxylation is 1. The summed E-state index contributed by atoms with van der Waals surface area (Å²) < 4.78 is 2.45. The first-order valence-electron chi connectivity index (χ1n) is 7.07. The number of nitrogens with zero attached hydrogens (tertiary/aromatic N) is 2. The molecule has 2 aromatic carbocycles. The van der Waals surface area contributed by atoms with Crippen molar-refractivity contribution < 1.29 is 0 Å². The molecule has 0 saturated carbocycles. The van der Waals surface area contributed by atoms with E-state index in [0.29, 0.717) is 15.7 Å². The Kier molecular flexibility index (Phi) is 3.32. The molecule has 0 unspecified atom stereocenters. The summed E-state index contributed by atoms with van der Waals surface area (Å²) in [7, 11) is 0. The van der Waals surface area contributed by atoms with Crippen molar-refractivity contribution in [3.8, 4) is 16.3 Å².